The second-order valence-corrected chi connectivity index (χ2v) is 6.39. The van der Waals surface area contributed by atoms with E-state index in [9.17, 15) is 4.79 Å². The summed E-state index contributed by atoms with van der Waals surface area (Å²) in [6.07, 6.45) is 0.855. The van der Waals surface area contributed by atoms with Gasteiger partial charge in [-0.25, -0.2) is 0 Å². The first-order valence-electron chi connectivity index (χ1n) is 8.47. The molecule has 1 N–H and O–H groups in total. The second kappa shape index (κ2) is 10.1. The number of nitrogens with one attached hydrogen (secondary N) is 1. The number of nitrogens with zero attached hydrogens (tertiary/aromatic N) is 1. The molecule has 1 unspecified atom stereocenters. The van der Waals surface area contributed by atoms with Gasteiger partial charge in [0.25, 0.3) is 0 Å². The fourth-order valence-electron chi connectivity index (χ4n) is 2.39. The minimum absolute atomic E-state index is 0.00797. The molecular formula is C20H25ClN2O2. The molecule has 1 atom stereocenters. The van der Waals surface area contributed by atoms with Gasteiger partial charge < -0.3 is 10.1 Å². The van der Waals surface area contributed by atoms with Crippen molar-refractivity contribution < 1.29 is 9.53 Å². The van der Waals surface area contributed by atoms with Crippen molar-refractivity contribution in [1.82, 2.24) is 10.2 Å². The van der Waals surface area contributed by atoms with Crippen molar-refractivity contribution in [3.05, 3.63) is 65.2 Å². The topological polar surface area (TPSA) is 41.6 Å². The Balaban J connectivity index is 1.68. The minimum atomic E-state index is -0.209. The molecular weight excluding hydrogens is 336 g/mol. The van der Waals surface area contributed by atoms with Crippen molar-refractivity contribution in [1.29, 1.82) is 0 Å². The van der Waals surface area contributed by atoms with E-state index in [0.29, 0.717) is 18.2 Å². The molecule has 0 aliphatic carbocycles. The number of carbonyl (C=O) groups excluding carboxylic acids is 1. The van der Waals surface area contributed by atoms with Crippen LogP contribution in [0.25, 0.3) is 0 Å². The first kappa shape index (κ1) is 19.3. The number of amides is 1. The first-order chi connectivity index (χ1) is 12.1. The highest BCUT2D eigenvalue weighted by Crippen LogP contribution is 2.14. The molecule has 1 amide bonds. The summed E-state index contributed by atoms with van der Waals surface area (Å²) in [5.74, 6) is 0.863. The fourth-order valence-corrected chi connectivity index (χ4v) is 2.59. The summed E-state index contributed by atoms with van der Waals surface area (Å²) >= 11 is 6.11. The lowest BCUT2D eigenvalue weighted by Gasteiger charge is -2.24. The number of benzene rings is 2. The molecule has 0 aliphatic heterocycles. The van der Waals surface area contributed by atoms with Crippen molar-refractivity contribution in [2.45, 2.75) is 25.9 Å². The van der Waals surface area contributed by atoms with Gasteiger partial charge in [-0.15, -0.1) is 0 Å². The Morgan fingerprint density at radius 2 is 1.84 bits per heavy atom. The number of hydrogen-bond donors (Lipinski definition) is 1. The number of para-hydroxylation sites is 1. The number of carbonyl (C=O) groups is 1. The molecule has 0 aliphatic rings. The highest BCUT2D eigenvalue weighted by Gasteiger charge is 2.17. The molecule has 0 spiro atoms. The lowest BCUT2D eigenvalue weighted by atomic mass is 10.2. The summed E-state index contributed by atoms with van der Waals surface area (Å²) in [7, 11) is 1.95. The Kier molecular flexibility index (Phi) is 7.76. The van der Waals surface area contributed by atoms with E-state index in [-0.39, 0.29) is 11.9 Å². The zero-order valence-corrected chi connectivity index (χ0v) is 15.5. The average molecular weight is 361 g/mol. The number of hydrogen-bond acceptors (Lipinski definition) is 3. The van der Waals surface area contributed by atoms with Crippen LogP contribution in [0.1, 0.15) is 18.9 Å². The van der Waals surface area contributed by atoms with Crippen LogP contribution in [0.15, 0.2) is 54.6 Å². The van der Waals surface area contributed by atoms with Crippen LogP contribution in [-0.2, 0) is 11.3 Å². The van der Waals surface area contributed by atoms with Gasteiger partial charge in [-0.05, 0) is 44.2 Å². The first-order valence-corrected chi connectivity index (χ1v) is 8.85. The SMILES string of the molecule is CC(C(=O)NCc1ccccc1Cl)N(C)CCCOc1ccccc1. The van der Waals surface area contributed by atoms with Crippen molar-refractivity contribution in [2.24, 2.45) is 0 Å². The van der Waals surface area contributed by atoms with Gasteiger partial charge in [-0.2, -0.15) is 0 Å². The molecule has 2 aromatic carbocycles. The van der Waals surface area contributed by atoms with Crippen LogP contribution in [0, 0.1) is 0 Å². The Labute approximate surface area is 154 Å². The summed E-state index contributed by atoms with van der Waals surface area (Å²) in [5, 5.41) is 3.61. The van der Waals surface area contributed by atoms with Gasteiger partial charge in [-0.1, -0.05) is 48.0 Å². The molecule has 0 saturated heterocycles. The third-order valence-electron chi connectivity index (χ3n) is 4.12. The Morgan fingerprint density at radius 3 is 2.56 bits per heavy atom. The van der Waals surface area contributed by atoms with Gasteiger partial charge in [0, 0.05) is 18.1 Å². The molecule has 0 fully saturated rings. The standard InChI is InChI=1S/C20H25ClN2O2/c1-16(20(24)22-15-17-9-6-7-12-19(17)21)23(2)13-8-14-25-18-10-4-3-5-11-18/h3-7,9-12,16H,8,13-15H2,1-2H3,(H,22,24). The maximum absolute atomic E-state index is 12.3. The predicted octanol–water partition coefficient (Wildman–Crippen LogP) is 3.75. The molecule has 5 heteroatoms. The largest absolute Gasteiger partial charge is 0.494 e. The molecule has 25 heavy (non-hydrogen) atoms. The highest BCUT2D eigenvalue weighted by atomic mass is 35.5. The average Bonchev–Trinajstić information content (AvgIpc) is 2.64. The van der Waals surface area contributed by atoms with Crippen LogP contribution in [0.2, 0.25) is 5.02 Å². The summed E-state index contributed by atoms with van der Waals surface area (Å²) in [4.78, 5) is 14.3. The Bertz CT molecular complexity index is 664. The zero-order valence-electron chi connectivity index (χ0n) is 14.7. The van der Waals surface area contributed by atoms with Gasteiger partial charge in [0.2, 0.25) is 5.91 Å². The molecule has 134 valence electrons. The number of halogens is 1. The van der Waals surface area contributed by atoms with Crippen LogP contribution in [-0.4, -0.2) is 37.0 Å². The van der Waals surface area contributed by atoms with Gasteiger partial charge in [0.1, 0.15) is 5.75 Å². The Morgan fingerprint density at radius 1 is 1.16 bits per heavy atom. The van der Waals surface area contributed by atoms with Crippen molar-refractivity contribution in [3.8, 4) is 5.75 Å². The van der Waals surface area contributed by atoms with E-state index in [1.807, 2.05) is 73.5 Å². The number of likely N-dealkylation sites (N-methyl/N-ethyl adjacent to an activating group) is 1. The summed E-state index contributed by atoms with van der Waals surface area (Å²) < 4.78 is 5.67. The number of rotatable bonds is 9. The lowest BCUT2D eigenvalue weighted by Crippen LogP contribution is -2.43. The monoisotopic (exact) mass is 360 g/mol. The summed E-state index contributed by atoms with van der Waals surface area (Å²) in [6.45, 7) is 3.75. The zero-order chi connectivity index (χ0) is 18.1. The van der Waals surface area contributed by atoms with Gasteiger partial charge in [0.15, 0.2) is 0 Å². The molecule has 0 saturated carbocycles. The maximum atomic E-state index is 12.3. The van der Waals surface area contributed by atoms with Gasteiger partial charge in [-0.3, -0.25) is 9.69 Å². The van der Waals surface area contributed by atoms with Crippen molar-refractivity contribution in [2.75, 3.05) is 20.2 Å². The molecule has 0 aromatic heterocycles. The molecule has 2 rings (SSSR count). The normalized spacial score (nSPS) is 12.0. The highest BCUT2D eigenvalue weighted by molar-refractivity contribution is 6.31. The predicted molar refractivity (Wildman–Crippen MR) is 102 cm³/mol. The quantitative estimate of drug-likeness (QED) is 0.692. The fraction of sp³-hybridized carbons (Fsp3) is 0.350. The van der Waals surface area contributed by atoms with Crippen LogP contribution < -0.4 is 10.1 Å². The molecule has 0 bridgehead atoms. The van der Waals surface area contributed by atoms with Crippen LogP contribution in [0.4, 0.5) is 0 Å². The van der Waals surface area contributed by atoms with Crippen molar-refractivity contribution in [3.63, 3.8) is 0 Å². The minimum Gasteiger partial charge on any atom is -0.494 e. The van der Waals surface area contributed by atoms with Crippen LogP contribution in [0.5, 0.6) is 5.75 Å². The molecule has 0 radical (unpaired) electrons. The van der Waals surface area contributed by atoms with E-state index >= 15 is 0 Å². The van der Waals surface area contributed by atoms with E-state index < -0.39 is 0 Å². The molecule has 2 aromatic rings. The lowest BCUT2D eigenvalue weighted by molar-refractivity contribution is -0.125. The third kappa shape index (κ3) is 6.40. The van der Waals surface area contributed by atoms with Crippen molar-refractivity contribution >= 4 is 17.5 Å². The van der Waals surface area contributed by atoms with Gasteiger partial charge >= 0.3 is 0 Å². The van der Waals surface area contributed by atoms with E-state index in [0.717, 1.165) is 24.3 Å². The smallest absolute Gasteiger partial charge is 0.237 e. The Hall–Kier alpha value is -2.04. The summed E-state index contributed by atoms with van der Waals surface area (Å²) in [5.41, 5.74) is 0.920. The maximum Gasteiger partial charge on any atom is 0.237 e. The van der Waals surface area contributed by atoms with Gasteiger partial charge in [0.05, 0.1) is 12.6 Å². The molecule has 4 nitrogen and oxygen atoms in total. The molecule has 0 heterocycles. The van der Waals surface area contributed by atoms with E-state index in [4.69, 9.17) is 16.3 Å². The van der Waals surface area contributed by atoms with Crippen LogP contribution >= 0.6 is 11.6 Å². The van der Waals surface area contributed by atoms with E-state index in [1.165, 1.54) is 0 Å². The third-order valence-corrected chi connectivity index (χ3v) is 4.49. The number of ether oxygens (including phenoxy) is 1. The van der Waals surface area contributed by atoms with Crippen LogP contribution in [0.3, 0.4) is 0 Å². The summed E-state index contributed by atoms with van der Waals surface area (Å²) in [6, 6.07) is 17.1. The van der Waals surface area contributed by atoms with E-state index in [2.05, 4.69) is 5.32 Å². The second-order valence-electron chi connectivity index (χ2n) is 5.98. The van der Waals surface area contributed by atoms with E-state index in [1.54, 1.807) is 0 Å².